The molecule has 0 saturated heterocycles. The van der Waals surface area contributed by atoms with E-state index >= 15 is 0 Å². The summed E-state index contributed by atoms with van der Waals surface area (Å²) < 4.78 is 28.1. The molecule has 0 aliphatic carbocycles. The fourth-order valence-electron chi connectivity index (χ4n) is 0.246. The molecule has 7 nitrogen and oxygen atoms in total. The van der Waals surface area contributed by atoms with Gasteiger partial charge in [0.15, 0.2) is 0 Å². The average Bonchev–Trinajstić information content (AvgIpc) is 1.80. The van der Waals surface area contributed by atoms with Crippen LogP contribution in [-0.4, -0.2) is 24.9 Å². The molecule has 58 valence electrons. The van der Waals surface area contributed by atoms with Crippen molar-refractivity contribution in [2.75, 3.05) is 6.54 Å². The summed E-state index contributed by atoms with van der Waals surface area (Å²) in [6.45, 7) is -0.859. The smallest absolute Gasteiger partial charge is 0.284 e. The van der Waals surface area contributed by atoms with Crippen LogP contribution in [0.2, 0.25) is 0 Å². The second kappa shape index (κ2) is 3.32. The van der Waals surface area contributed by atoms with Gasteiger partial charge < -0.3 is 0 Å². The van der Waals surface area contributed by atoms with Gasteiger partial charge >= 0.3 is 0 Å². The van der Waals surface area contributed by atoms with Crippen LogP contribution >= 0.6 is 0 Å². The van der Waals surface area contributed by atoms with Crippen LogP contribution in [-0.2, 0) is 10.1 Å². The minimum atomic E-state index is -4.55. The average molecular weight is 168 g/mol. The van der Waals surface area contributed by atoms with Gasteiger partial charge in [0.25, 0.3) is 10.1 Å². The van der Waals surface area contributed by atoms with E-state index in [1.54, 1.807) is 0 Å². The standard InChI is InChI=1S/C2H4N2O5S/c5-3-1-2(4-6)10(7,8)9/h2H,1H2,(H,7,8,9). The Morgan fingerprint density at radius 1 is 1.40 bits per heavy atom. The SMILES string of the molecule is O=NCC(N=O)S(=O)(=O)O. The molecule has 0 bridgehead atoms. The van der Waals surface area contributed by atoms with E-state index in [-0.39, 0.29) is 0 Å². The van der Waals surface area contributed by atoms with Crippen LogP contribution in [0.25, 0.3) is 0 Å². The van der Waals surface area contributed by atoms with Gasteiger partial charge in [-0.3, -0.25) is 4.55 Å². The van der Waals surface area contributed by atoms with Crippen LogP contribution in [0.1, 0.15) is 0 Å². The quantitative estimate of drug-likeness (QED) is 0.458. The maximum Gasteiger partial charge on any atom is 0.293 e. The van der Waals surface area contributed by atoms with E-state index in [2.05, 4.69) is 5.18 Å². The molecule has 0 aliphatic rings. The van der Waals surface area contributed by atoms with Gasteiger partial charge in [-0.25, -0.2) is 0 Å². The predicted octanol–water partition coefficient (Wildman–Crippen LogP) is -0.267. The van der Waals surface area contributed by atoms with Crippen molar-refractivity contribution in [3.63, 3.8) is 0 Å². The van der Waals surface area contributed by atoms with Crippen molar-refractivity contribution in [2.45, 2.75) is 5.37 Å². The van der Waals surface area contributed by atoms with E-state index in [4.69, 9.17) is 4.55 Å². The Hall–Kier alpha value is -0.890. The molecule has 10 heavy (non-hydrogen) atoms. The Morgan fingerprint density at radius 2 is 1.90 bits per heavy atom. The highest BCUT2D eigenvalue weighted by molar-refractivity contribution is 7.86. The second-order valence-electron chi connectivity index (χ2n) is 1.39. The minimum absolute atomic E-state index is 0.859. The van der Waals surface area contributed by atoms with Crippen molar-refractivity contribution in [1.29, 1.82) is 0 Å². The summed E-state index contributed by atoms with van der Waals surface area (Å²) in [5, 5.41) is 2.09. The summed E-state index contributed by atoms with van der Waals surface area (Å²) in [6, 6.07) is 0. The van der Waals surface area contributed by atoms with Gasteiger partial charge in [0.1, 0.15) is 6.54 Å². The van der Waals surface area contributed by atoms with Crippen molar-refractivity contribution in [1.82, 2.24) is 0 Å². The van der Waals surface area contributed by atoms with E-state index in [0.717, 1.165) is 0 Å². The lowest BCUT2D eigenvalue weighted by molar-refractivity contribution is 0.468. The molecule has 0 fully saturated rings. The van der Waals surface area contributed by atoms with Crippen molar-refractivity contribution >= 4 is 10.1 Å². The van der Waals surface area contributed by atoms with Crippen molar-refractivity contribution < 1.29 is 13.0 Å². The third kappa shape index (κ3) is 2.60. The summed E-state index contributed by atoms with van der Waals surface area (Å²) in [7, 11) is -4.55. The monoisotopic (exact) mass is 168 g/mol. The molecule has 0 aromatic carbocycles. The first kappa shape index (κ1) is 9.11. The van der Waals surface area contributed by atoms with Gasteiger partial charge in [-0.05, 0) is 5.18 Å². The van der Waals surface area contributed by atoms with Crippen LogP contribution in [0.5, 0.6) is 0 Å². The largest absolute Gasteiger partial charge is 0.293 e. The first-order chi connectivity index (χ1) is 4.52. The maximum absolute atomic E-state index is 10.0. The van der Waals surface area contributed by atoms with Crippen LogP contribution in [0, 0.1) is 9.81 Å². The molecule has 8 heteroatoms. The first-order valence-electron chi connectivity index (χ1n) is 2.10. The molecule has 0 aliphatic heterocycles. The van der Waals surface area contributed by atoms with E-state index in [9.17, 15) is 18.2 Å². The molecule has 0 radical (unpaired) electrons. The maximum atomic E-state index is 10.0. The van der Waals surface area contributed by atoms with Crippen molar-refractivity contribution in [3.8, 4) is 0 Å². The lowest BCUT2D eigenvalue weighted by Gasteiger charge is -1.96. The molecule has 1 N–H and O–H groups in total. The Labute approximate surface area is 56.1 Å². The zero-order valence-corrected chi connectivity index (χ0v) is 5.48. The Bertz CT molecular complexity index is 220. The molecule has 1 unspecified atom stereocenters. The molecule has 0 rings (SSSR count). The summed E-state index contributed by atoms with van der Waals surface area (Å²) >= 11 is 0. The number of nitroso groups, excluding NO2 is 2. The predicted molar refractivity (Wildman–Crippen MR) is 31.8 cm³/mol. The number of nitrogens with zero attached hydrogens (tertiary/aromatic N) is 2. The molecular formula is C2H4N2O5S. The number of rotatable bonds is 4. The normalized spacial score (nSPS) is 14.1. The Kier molecular flexibility index (Phi) is 3.03. The molecule has 0 aromatic heterocycles. The van der Waals surface area contributed by atoms with Gasteiger partial charge in [0.05, 0.1) is 0 Å². The second-order valence-corrected chi connectivity index (χ2v) is 2.96. The van der Waals surface area contributed by atoms with E-state index in [1.165, 1.54) is 0 Å². The number of hydrogen-bond donors (Lipinski definition) is 1. The van der Waals surface area contributed by atoms with E-state index in [1.807, 2.05) is 5.18 Å². The topological polar surface area (TPSA) is 113 Å². The summed E-state index contributed by atoms with van der Waals surface area (Å²) in [5.41, 5.74) is 0. The molecule has 0 heterocycles. The van der Waals surface area contributed by atoms with Crippen LogP contribution in [0.15, 0.2) is 10.4 Å². The van der Waals surface area contributed by atoms with Crippen LogP contribution < -0.4 is 0 Å². The van der Waals surface area contributed by atoms with Crippen molar-refractivity contribution in [3.05, 3.63) is 9.81 Å². The molecule has 0 saturated carbocycles. The van der Waals surface area contributed by atoms with Gasteiger partial charge in [0.2, 0.25) is 5.37 Å². The highest BCUT2D eigenvalue weighted by Crippen LogP contribution is 1.99. The summed E-state index contributed by atoms with van der Waals surface area (Å²) in [5.74, 6) is 0. The lowest BCUT2D eigenvalue weighted by Crippen LogP contribution is -2.20. The zero-order chi connectivity index (χ0) is 8.20. The van der Waals surface area contributed by atoms with Gasteiger partial charge in [-0.2, -0.15) is 13.3 Å². The Balaban J connectivity index is 4.36. The third-order valence-electron chi connectivity index (χ3n) is 0.692. The minimum Gasteiger partial charge on any atom is -0.284 e. The van der Waals surface area contributed by atoms with Gasteiger partial charge in [0, 0.05) is 0 Å². The molecule has 0 spiro atoms. The molecule has 0 aromatic rings. The third-order valence-corrected chi connectivity index (χ3v) is 1.61. The van der Waals surface area contributed by atoms with E-state index in [0.29, 0.717) is 0 Å². The zero-order valence-electron chi connectivity index (χ0n) is 4.67. The van der Waals surface area contributed by atoms with Gasteiger partial charge in [-0.1, -0.05) is 5.18 Å². The summed E-state index contributed by atoms with van der Waals surface area (Å²) in [6.07, 6.45) is 0. The Morgan fingerprint density at radius 3 is 2.00 bits per heavy atom. The molecule has 0 amide bonds. The van der Waals surface area contributed by atoms with E-state index < -0.39 is 22.0 Å². The molecule has 1 atom stereocenters. The van der Waals surface area contributed by atoms with Crippen LogP contribution in [0.3, 0.4) is 0 Å². The summed E-state index contributed by atoms with van der Waals surface area (Å²) in [4.78, 5) is 18.9. The van der Waals surface area contributed by atoms with Crippen LogP contribution in [0.4, 0.5) is 0 Å². The fraction of sp³-hybridized carbons (Fsp3) is 1.00. The highest BCUT2D eigenvalue weighted by atomic mass is 32.2. The number of hydrogen-bond acceptors (Lipinski definition) is 6. The molecular weight excluding hydrogens is 164 g/mol. The lowest BCUT2D eigenvalue weighted by atomic mass is 10.7. The first-order valence-corrected chi connectivity index (χ1v) is 3.60. The van der Waals surface area contributed by atoms with Gasteiger partial charge in [-0.15, -0.1) is 4.91 Å². The van der Waals surface area contributed by atoms with Crippen molar-refractivity contribution in [2.24, 2.45) is 10.4 Å². The fourth-order valence-corrected chi connectivity index (χ4v) is 0.604. The highest BCUT2D eigenvalue weighted by Gasteiger charge is 2.23.